The minimum atomic E-state index is -0.389. The van der Waals surface area contributed by atoms with Crippen LogP contribution in [0.1, 0.15) is 19.3 Å². The van der Waals surface area contributed by atoms with Gasteiger partial charge in [0.1, 0.15) is 0 Å². The number of anilines is 1. The number of nitrogens with one attached hydrogen (secondary N) is 2. The molecule has 2 amide bonds. The minimum absolute atomic E-state index is 0.275. The van der Waals surface area contributed by atoms with Gasteiger partial charge in [-0.1, -0.05) is 17.7 Å². The van der Waals surface area contributed by atoms with Crippen molar-refractivity contribution >= 4 is 23.3 Å². The van der Waals surface area contributed by atoms with Crippen molar-refractivity contribution in [1.82, 2.24) is 5.32 Å². The summed E-state index contributed by atoms with van der Waals surface area (Å²) in [5.74, 6) is 0.275. The summed E-state index contributed by atoms with van der Waals surface area (Å²) in [6.45, 7) is 1.86. The normalized spacial score (nSPS) is 17.2. The highest BCUT2D eigenvalue weighted by Gasteiger charge is 2.21. The van der Waals surface area contributed by atoms with Crippen molar-refractivity contribution in [1.29, 1.82) is 0 Å². The molecular formula is C15H21ClN2O3. The Morgan fingerprint density at radius 3 is 2.90 bits per heavy atom. The van der Waals surface area contributed by atoms with Gasteiger partial charge in [0.25, 0.3) is 0 Å². The zero-order chi connectivity index (χ0) is 15.1. The number of carbonyl (C=O) groups excluding carboxylic acids is 1. The topological polar surface area (TPSA) is 70.6 Å². The van der Waals surface area contributed by atoms with Gasteiger partial charge in [0.2, 0.25) is 0 Å². The van der Waals surface area contributed by atoms with Crippen molar-refractivity contribution in [3.05, 3.63) is 29.3 Å². The van der Waals surface area contributed by atoms with Gasteiger partial charge in [-0.25, -0.2) is 4.79 Å². The second-order valence-corrected chi connectivity index (χ2v) is 5.63. The van der Waals surface area contributed by atoms with Crippen LogP contribution in [-0.4, -0.2) is 37.0 Å². The van der Waals surface area contributed by atoms with Crippen LogP contribution in [0.15, 0.2) is 24.3 Å². The van der Waals surface area contributed by atoms with Crippen molar-refractivity contribution in [2.24, 2.45) is 5.92 Å². The molecule has 0 aromatic heterocycles. The summed E-state index contributed by atoms with van der Waals surface area (Å²) in [7, 11) is 0. The van der Waals surface area contributed by atoms with Crippen LogP contribution in [0, 0.1) is 5.92 Å². The lowest BCUT2D eigenvalue weighted by Gasteiger charge is -2.26. The van der Waals surface area contributed by atoms with E-state index in [1.165, 1.54) is 0 Å². The van der Waals surface area contributed by atoms with Crippen LogP contribution in [0.25, 0.3) is 0 Å². The fourth-order valence-corrected chi connectivity index (χ4v) is 2.60. The van der Waals surface area contributed by atoms with E-state index in [-0.39, 0.29) is 18.1 Å². The zero-order valence-corrected chi connectivity index (χ0v) is 12.6. The molecule has 0 saturated carbocycles. The number of carbonyl (C=O) groups is 1. The predicted octanol–water partition coefficient (Wildman–Crippen LogP) is 2.64. The second-order valence-electron chi connectivity index (χ2n) is 5.20. The van der Waals surface area contributed by atoms with Crippen LogP contribution < -0.4 is 10.6 Å². The van der Waals surface area contributed by atoms with Gasteiger partial charge in [0.05, 0.1) is 6.10 Å². The van der Waals surface area contributed by atoms with Crippen LogP contribution in [0.3, 0.4) is 0 Å². The van der Waals surface area contributed by atoms with Gasteiger partial charge in [-0.3, -0.25) is 0 Å². The van der Waals surface area contributed by atoms with Crippen LogP contribution in [0.2, 0.25) is 5.02 Å². The van der Waals surface area contributed by atoms with E-state index >= 15 is 0 Å². The Hall–Kier alpha value is -1.30. The number of urea groups is 1. The molecule has 21 heavy (non-hydrogen) atoms. The fraction of sp³-hybridized carbons (Fsp3) is 0.533. The first kappa shape index (κ1) is 16.1. The number of aliphatic hydroxyl groups excluding tert-OH is 1. The number of halogens is 1. The van der Waals surface area contributed by atoms with E-state index in [1.807, 2.05) is 0 Å². The monoisotopic (exact) mass is 312 g/mol. The average Bonchev–Trinajstić information content (AvgIpc) is 2.48. The number of hydrogen-bond donors (Lipinski definition) is 3. The first-order valence-electron chi connectivity index (χ1n) is 7.21. The van der Waals surface area contributed by atoms with Crippen LogP contribution in [-0.2, 0) is 4.74 Å². The molecule has 0 bridgehead atoms. The number of hydrogen-bond acceptors (Lipinski definition) is 3. The van der Waals surface area contributed by atoms with E-state index in [0.29, 0.717) is 36.9 Å². The third-order valence-electron chi connectivity index (χ3n) is 3.62. The molecule has 1 heterocycles. The molecule has 0 radical (unpaired) electrons. The highest BCUT2D eigenvalue weighted by Crippen LogP contribution is 2.20. The summed E-state index contributed by atoms with van der Waals surface area (Å²) >= 11 is 5.85. The quantitative estimate of drug-likeness (QED) is 0.783. The number of amides is 2. The van der Waals surface area contributed by atoms with Crippen LogP contribution in [0.4, 0.5) is 10.5 Å². The lowest BCUT2D eigenvalue weighted by atomic mass is 9.92. The Bertz CT molecular complexity index is 464. The molecule has 0 spiro atoms. The third-order valence-corrected chi connectivity index (χ3v) is 3.85. The lowest BCUT2D eigenvalue weighted by molar-refractivity contribution is 0.00549. The van der Waals surface area contributed by atoms with Gasteiger partial charge in [-0.2, -0.15) is 0 Å². The van der Waals surface area contributed by atoms with E-state index in [2.05, 4.69) is 10.6 Å². The molecule has 116 valence electrons. The third kappa shape index (κ3) is 5.53. The van der Waals surface area contributed by atoms with Crippen molar-refractivity contribution in [3.8, 4) is 0 Å². The highest BCUT2D eigenvalue weighted by molar-refractivity contribution is 6.30. The standard InChI is InChI=1S/C15H21ClN2O3/c16-12-2-1-3-13(10-12)18-15(20)17-7-4-14(19)11-5-8-21-9-6-11/h1-3,10-11,14,19H,4-9H2,(H2,17,18,20)/t14-/m1/s1. The lowest BCUT2D eigenvalue weighted by Crippen LogP contribution is -2.34. The zero-order valence-electron chi connectivity index (χ0n) is 11.8. The second kappa shape index (κ2) is 8.22. The Labute approximate surface area is 129 Å². The summed E-state index contributed by atoms with van der Waals surface area (Å²) in [5, 5.41) is 16.1. The summed E-state index contributed by atoms with van der Waals surface area (Å²) in [6, 6.07) is 6.67. The number of rotatable bonds is 5. The molecule has 2 rings (SSSR count). The van der Waals surface area contributed by atoms with Gasteiger partial charge in [0.15, 0.2) is 0 Å². The Balaban J connectivity index is 1.66. The van der Waals surface area contributed by atoms with E-state index in [1.54, 1.807) is 24.3 Å². The Morgan fingerprint density at radius 1 is 1.43 bits per heavy atom. The highest BCUT2D eigenvalue weighted by atomic mass is 35.5. The van der Waals surface area contributed by atoms with E-state index in [0.717, 1.165) is 12.8 Å². The van der Waals surface area contributed by atoms with Gasteiger partial charge < -0.3 is 20.5 Å². The largest absolute Gasteiger partial charge is 0.393 e. The first-order chi connectivity index (χ1) is 10.1. The van der Waals surface area contributed by atoms with Gasteiger partial charge in [0, 0.05) is 30.5 Å². The maximum Gasteiger partial charge on any atom is 0.319 e. The summed E-state index contributed by atoms with van der Waals surface area (Å²) in [6.07, 6.45) is 1.93. The summed E-state index contributed by atoms with van der Waals surface area (Å²) in [4.78, 5) is 11.7. The number of aliphatic hydroxyl groups is 1. The molecule has 0 aliphatic carbocycles. The molecular weight excluding hydrogens is 292 g/mol. The molecule has 1 aliphatic rings. The molecule has 1 fully saturated rings. The summed E-state index contributed by atoms with van der Waals surface area (Å²) in [5.41, 5.74) is 0.643. The molecule has 3 N–H and O–H groups in total. The van der Waals surface area contributed by atoms with Gasteiger partial charge >= 0.3 is 6.03 Å². The van der Waals surface area contributed by atoms with E-state index < -0.39 is 0 Å². The molecule has 6 heteroatoms. The SMILES string of the molecule is O=C(NCC[C@@H](O)C1CCOCC1)Nc1cccc(Cl)c1. The maximum absolute atomic E-state index is 11.7. The minimum Gasteiger partial charge on any atom is -0.393 e. The van der Waals surface area contributed by atoms with E-state index in [4.69, 9.17) is 16.3 Å². The average molecular weight is 313 g/mol. The molecule has 1 aliphatic heterocycles. The first-order valence-corrected chi connectivity index (χ1v) is 7.59. The van der Waals surface area contributed by atoms with E-state index in [9.17, 15) is 9.90 Å². The molecule has 1 saturated heterocycles. The molecule has 5 nitrogen and oxygen atoms in total. The maximum atomic E-state index is 11.7. The van der Waals surface area contributed by atoms with Crippen molar-refractivity contribution in [3.63, 3.8) is 0 Å². The predicted molar refractivity (Wildman–Crippen MR) is 82.6 cm³/mol. The Kier molecular flexibility index (Phi) is 6.29. The number of benzene rings is 1. The molecule has 1 atom stereocenters. The molecule has 1 aromatic carbocycles. The van der Waals surface area contributed by atoms with Crippen LogP contribution >= 0.6 is 11.6 Å². The van der Waals surface area contributed by atoms with Crippen molar-refractivity contribution < 1.29 is 14.6 Å². The van der Waals surface area contributed by atoms with Crippen LogP contribution in [0.5, 0.6) is 0 Å². The molecule has 0 unspecified atom stereocenters. The van der Waals surface area contributed by atoms with Gasteiger partial charge in [-0.15, -0.1) is 0 Å². The summed E-state index contributed by atoms with van der Waals surface area (Å²) < 4.78 is 5.27. The molecule has 1 aromatic rings. The van der Waals surface area contributed by atoms with Gasteiger partial charge in [-0.05, 0) is 43.4 Å². The Morgan fingerprint density at radius 2 is 2.19 bits per heavy atom. The van der Waals surface area contributed by atoms with Crippen molar-refractivity contribution in [2.45, 2.75) is 25.4 Å². The fourth-order valence-electron chi connectivity index (χ4n) is 2.41. The number of ether oxygens (including phenoxy) is 1. The van der Waals surface area contributed by atoms with Crippen molar-refractivity contribution in [2.75, 3.05) is 25.1 Å². The smallest absolute Gasteiger partial charge is 0.319 e.